The van der Waals surface area contributed by atoms with E-state index in [1.807, 2.05) is 53.1 Å². The zero-order chi connectivity index (χ0) is 27.5. The second-order valence-corrected chi connectivity index (χ2v) is 14.1. The third-order valence-corrected chi connectivity index (χ3v) is 10.9. The van der Waals surface area contributed by atoms with Gasteiger partial charge in [-0.3, -0.25) is 9.36 Å². The SMILES string of the molecule is O=c1/c(=C/c2ccc(Sc3nc4ccccc4s3)o2)sc2n1[C@@H](c1ccc(Br)cc1)C1=C(N=2)c2ccccc2CC1. The van der Waals surface area contributed by atoms with Crippen LogP contribution in [0, 0.1) is 0 Å². The second-order valence-electron chi connectivity index (χ2n) is 9.87. The molecule has 1 atom stereocenters. The minimum Gasteiger partial charge on any atom is -0.450 e. The quantitative estimate of drug-likeness (QED) is 0.198. The van der Waals surface area contributed by atoms with Crippen LogP contribution in [0.3, 0.4) is 0 Å². The van der Waals surface area contributed by atoms with Gasteiger partial charge in [0, 0.05) is 16.1 Å². The molecule has 0 fully saturated rings. The van der Waals surface area contributed by atoms with Crippen molar-refractivity contribution in [2.75, 3.05) is 0 Å². The maximum absolute atomic E-state index is 14.0. The van der Waals surface area contributed by atoms with Crippen molar-refractivity contribution in [2.45, 2.75) is 28.3 Å². The Morgan fingerprint density at radius 1 is 0.951 bits per heavy atom. The molecule has 0 N–H and O–H groups in total. The molecule has 3 aromatic carbocycles. The summed E-state index contributed by atoms with van der Waals surface area (Å²) >= 11 is 8.11. The summed E-state index contributed by atoms with van der Waals surface area (Å²) in [5.41, 5.74) is 6.67. The number of nitrogens with zero attached hydrogens (tertiary/aromatic N) is 3. The predicted octanol–water partition coefficient (Wildman–Crippen LogP) is 7.44. The van der Waals surface area contributed by atoms with E-state index in [1.54, 1.807) is 11.3 Å². The molecule has 5 nitrogen and oxygen atoms in total. The number of hydrogen-bond donors (Lipinski definition) is 0. The molecule has 0 unspecified atom stereocenters. The molecule has 0 radical (unpaired) electrons. The van der Waals surface area contributed by atoms with Crippen molar-refractivity contribution >= 4 is 72.4 Å². The summed E-state index contributed by atoms with van der Waals surface area (Å²) in [5.74, 6) is 0.633. The third-order valence-electron chi connectivity index (χ3n) is 7.40. The Bertz CT molecular complexity index is 2150. The van der Waals surface area contributed by atoms with Crippen LogP contribution in [0.5, 0.6) is 0 Å². The van der Waals surface area contributed by atoms with Gasteiger partial charge in [-0.15, -0.1) is 11.3 Å². The van der Waals surface area contributed by atoms with E-state index >= 15 is 0 Å². The lowest BCUT2D eigenvalue weighted by Crippen LogP contribution is -2.38. The van der Waals surface area contributed by atoms with Gasteiger partial charge in [0.2, 0.25) is 0 Å². The summed E-state index contributed by atoms with van der Waals surface area (Å²) in [6.07, 6.45) is 3.63. The van der Waals surface area contributed by atoms with Gasteiger partial charge in [0.05, 0.1) is 26.5 Å². The molecule has 4 heterocycles. The molecule has 1 aliphatic heterocycles. The number of para-hydroxylation sites is 1. The van der Waals surface area contributed by atoms with Crippen molar-refractivity contribution in [1.29, 1.82) is 0 Å². The van der Waals surface area contributed by atoms with Crippen LogP contribution in [0.1, 0.15) is 34.9 Å². The largest absolute Gasteiger partial charge is 0.450 e. The molecule has 0 amide bonds. The molecule has 6 aromatic rings. The van der Waals surface area contributed by atoms with Crippen molar-refractivity contribution in [1.82, 2.24) is 9.55 Å². The van der Waals surface area contributed by atoms with E-state index in [1.165, 1.54) is 34.2 Å². The van der Waals surface area contributed by atoms with E-state index in [9.17, 15) is 4.79 Å². The first kappa shape index (κ1) is 25.2. The average molecular weight is 655 g/mol. The summed E-state index contributed by atoms with van der Waals surface area (Å²) in [7, 11) is 0. The predicted molar refractivity (Wildman–Crippen MR) is 169 cm³/mol. The van der Waals surface area contributed by atoms with E-state index in [2.05, 4.69) is 58.4 Å². The molecule has 41 heavy (non-hydrogen) atoms. The summed E-state index contributed by atoms with van der Waals surface area (Å²) in [4.78, 5) is 24.5. The summed E-state index contributed by atoms with van der Waals surface area (Å²) in [6, 6.07) is 28.5. The number of aromatic nitrogens is 2. The summed E-state index contributed by atoms with van der Waals surface area (Å²) in [6.45, 7) is 0. The van der Waals surface area contributed by atoms with Crippen molar-refractivity contribution in [3.63, 3.8) is 0 Å². The zero-order valence-corrected chi connectivity index (χ0v) is 25.4. The first-order valence-electron chi connectivity index (χ1n) is 13.1. The van der Waals surface area contributed by atoms with E-state index in [4.69, 9.17) is 14.4 Å². The molecule has 2 aliphatic rings. The molecule has 0 saturated heterocycles. The van der Waals surface area contributed by atoms with Gasteiger partial charge in [-0.05, 0) is 77.7 Å². The zero-order valence-electron chi connectivity index (χ0n) is 21.4. The number of fused-ring (bicyclic) bond motifs is 4. The Labute approximate surface area is 255 Å². The first-order chi connectivity index (χ1) is 20.1. The maximum atomic E-state index is 14.0. The number of benzene rings is 3. The van der Waals surface area contributed by atoms with Crippen LogP contribution in [0.25, 0.3) is 22.0 Å². The molecule has 0 bridgehead atoms. The Balaban J connectivity index is 1.22. The minimum atomic E-state index is -0.202. The monoisotopic (exact) mass is 653 g/mol. The molecule has 200 valence electrons. The molecular weight excluding hydrogens is 634 g/mol. The number of halogens is 1. The van der Waals surface area contributed by atoms with Crippen LogP contribution < -0.4 is 14.9 Å². The van der Waals surface area contributed by atoms with Gasteiger partial charge in [-0.25, -0.2) is 9.98 Å². The van der Waals surface area contributed by atoms with Crippen LogP contribution in [0.15, 0.2) is 119 Å². The molecule has 3 aromatic heterocycles. The van der Waals surface area contributed by atoms with Crippen molar-refractivity contribution in [2.24, 2.45) is 4.99 Å². The number of allylic oxidation sites excluding steroid dienone is 1. The van der Waals surface area contributed by atoms with Gasteiger partial charge in [0.15, 0.2) is 14.2 Å². The number of thiazole rings is 2. The molecule has 0 saturated carbocycles. The van der Waals surface area contributed by atoms with Crippen LogP contribution in [-0.4, -0.2) is 9.55 Å². The fourth-order valence-corrected chi connectivity index (χ4v) is 8.76. The summed E-state index contributed by atoms with van der Waals surface area (Å²) in [5, 5.41) is 0.739. The standard InChI is InChI=1S/C32H20BrN3O2S3/c33-20-12-9-19(10-13-20)29-23-15-11-18-5-1-2-6-22(18)28(23)35-31-36(29)30(37)26(39-31)17-21-14-16-27(38-21)41-32-34-24-7-3-4-8-25(24)40-32/h1-10,12-14,16-17,29H,11,15H2/b26-17-/t29-/m0/s1. The Hall–Kier alpha value is -3.50. The van der Waals surface area contributed by atoms with Crippen molar-refractivity contribution in [3.8, 4) is 0 Å². The third kappa shape index (κ3) is 4.48. The van der Waals surface area contributed by atoms with E-state index in [-0.39, 0.29) is 11.6 Å². The fraction of sp³-hybridized carbons (Fsp3) is 0.0938. The maximum Gasteiger partial charge on any atom is 0.271 e. The number of rotatable bonds is 4. The summed E-state index contributed by atoms with van der Waals surface area (Å²) < 4.78 is 11.7. The average Bonchev–Trinajstić information content (AvgIpc) is 3.70. The molecule has 0 spiro atoms. The van der Waals surface area contributed by atoms with Gasteiger partial charge in [0.25, 0.3) is 5.56 Å². The van der Waals surface area contributed by atoms with Gasteiger partial charge in [-0.2, -0.15) is 0 Å². The highest BCUT2D eigenvalue weighted by Gasteiger charge is 2.32. The van der Waals surface area contributed by atoms with E-state index in [0.29, 0.717) is 15.1 Å². The van der Waals surface area contributed by atoms with Crippen LogP contribution in [-0.2, 0) is 6.42 Å². The van der Waals surface area contributed by atoms with Crippen molar-refractivity contribution < 1.29 is 4.42 Å². The first-order valence-corrected chi connectivity index (χ1v) is 16.4. The van der Waals surface area contributed by atoms with Crippen LogP contribution in [0.4, 0.5) is 0 Å². The normalized spacial score (nSPS) is 16.4. The van der Waals surface area contributed by atoms with Gasteiger partial charge in [-0.1, -0.05) is 75.8 Å². The highest BCUT2D eigenvalue weighted by atomic mass is 79.9. The Kier molecular flexibility index (Phi) is 6.21. The Morgan fingerprint density at radius 2 is 1.78 bits per heavy atom. The fourth-order valence-electron chi connectivity index (χ4n) is 5.54. The van der Waals surface area contributed by atoms with Gasteiger partial charge in [0.1, 0.15) is 5.76 Å². The van der Waals surface area contributed by atoms with E-state index < -0.39 is 0 Å². The van der Waals surface area contributed by atoms with E-state index in [0.717, 1.165) is 53.8 Å². The molecule has 1 aliphatic carbocycles. The lowest BCUT2D eigenvalue weighted by atomic mass is 9.83. The molecular formula is C32H20BrN3O2S3. The van der Waals surface area contributed by atoms with Gasteiger partial charge < -0.3 is 4.42 Å². The molecule has 8 rings (SSSR count). The number of furan rings is 1. The Morgan fingerprint density at radius 3 is 2.66 bits per heavy atom. The lowest BCUT2D eigenvalue weighted by Gasteiger charge is -2.30. The lowest BCUT2D eigenvalue weighted by molar-refractivity contribution is 0.466. The van der Waals surface area contributed by atoms with Crippen LogP contribution >= 0.6 is 50.4 Å². The topological polar surface area (TPSA) is 60.4 Å². The molecule has 9 heteroatoms. The second kappa shape index (κ2) is 10.1. The number of hydrogen-bond acceptors (Lipinski definition) is 7. The van der Waals surface area contributed by atoms with Crippen LogP contribution in [0.2, 0.25) is 0 Å². The van der Waals surface area contributed by atoms with Crippen molar-refractivity contribution in [3.05, 3.63) is 137 Å². The van der Waals surface area contributed by atoms with Gasteiger partial charge >= 0.3 is 0 Å². The smallest absolute Gasteiger partial charge is 0.271 e. The minimum absolute atomic E-state index is 0.0520. The highest BCUT2D eigenvalue weighted by Crippen LogP contribution is 2.41. The number of aryl methyl sites for hydroxylation is 1. The highest BCUT2D eigenvalue weighted by molar-refractivity contribution is 9.10.